The third kappa shape index (κ3) is 1.93. The number of hydrogen-bond acceptors (Lipinski definition) is 3. The third-order valence-corrected chi connectivity index (χ3v) is 5.01. The Morgan fingerprint density at radius 3 is 2.95 bits per heavy atom. The van der Waals surface area contributed by atoms with E-state index in [9.17, 15) is 4.79 Å². The summed E-state index contributed by atoms with van der Waals surface area (Å²) in [6, 6.07) is 5.22. The Morgan fingerprint density at radius 1 is 1.48 bits per heavy atom. The molecule has 0 N–H and O–H groups in total. The fraction of sp³-hybridized carbons (Fsp3) is 0.438. The fourth-order valence-electron chi connectivity index (χ4n) is 3.40. The van der Waals surface area contributed by atoms with Crippen molar-refractivity contribution in [1.29, 1.82) is 0 Å². The van der Waals surface area contributed by atoms with Crippen LogP contribution in [0.3, 0.4) is 0 Å². The van der Waals surface area contributed by atoms with Crippen LogP contribution in [0.2, 0.25) is 5.02 Å². The van der Waals surface area contributed by atoms with Crippen molar-refractivity contribution < 1.29 is 13.9 Å². The van der Waals surface area contributed by atoms with Crippen LogP contribution in [-0.2, 0) is 0 Å². The quantitative estimate of drug-likeness (QED) is 0.851. The van der Waals surface area contributed by atoms with Crippen molar-refractivity contribution >= 4 is 28.5 Å². The number of halogens is 1. The summed E-state index contributed by atoms with van der Waals surface area (Å²) in [4.78, 5) is 14.5. The minimum Gasteiger partial charge on any atom is -0.493 e. The summed E-state index contributed by atoms with van der Waals surface area (Å²) in [5, 5.41) is 1.35. The van der Waals surface area contributed by atoms with Gasteiger partial charge in [0.1, 0.15) is 0 Å². The molecule has 1 aromatic heterocycles. The molecule has 5 heteroatoms. The number of piperidine rings is 1. The molecule has 21 heavy (non-hydrogen) atoms. The molecule has 1 aliphatic heterocycles. The van der Waals surface area contributed by atoms with Gasteiger partial charge in [-0.25, -0.2) is 0 Å². The average molecular weight is 306 g/mol. The van der Waals surface area contributed by atoms with Gasteiger partial charge in [0.2, 0.25) is 0 Å². The number of nitrogens with zero attached hydrogens (tertiary/aromatic N) is 1. The molecule has 1 aromatic carbocycles. The summed E-state index contributed by atoms with van der Waals surface area (Å²) in [7, 11) is 1.56. The molecule has 2 fully saturated rings. The minimum absolute atomic E-state index is 0.0437. The zero-order chi connectivity index (χ0) is 14.8. The first-order valence-electron chi connectivity index (χ1n) is 7.06. The van der Waals surface area contributed by atoms with E-state index in [-0.39, 0.29) is 5.91 Å². The second-order valence-electron chi connectivity index (χ2n) is 6.38. The molecule has 110 valence electrons. The molecule has 2 aliphatic rings. The smallest absolute Gasteiger partial charge is 0.289 e. The predicted molar refractivity (Wildman–Crippen MR) is 79.9 cm³/mol. The monoisotopic (exact) mass is 305 g/mol. The van der Waals surface area contributed by atoms with Gasteiger partial charge in [0.25, 0.3) is 5.91 Å². The summed E-state index contributed by atoms with van der Waals surface area (Å²) in [6.45, 7) is 3.90. The van der Waals surface area contributed by atoms with Gasteiger partial charge in [0.05, 0.1) is 7.11 Å². The second kappa shape index (κ2) is 4.17. The maximum absolute atomic E-state index is 12.6. The molecule has 1 saturated carbocycles. The van der Waals surface area contributed by atoms with Crippen molar-refractivity contribution in [2.24, 2.45) is 11.3 Å². The van der Waals surface area contributed by atoms with Crippen molar-refractivity contribution in [3.05, 3.63) is 29.0 Å². The molecular weight excluding hydrogens is 290 g/mol. The van der Waals surface area contributed by atoms with E-state index >= 15 is 0 Å². The van der Waals surface area contributed by atoms with E-state index in [1.807, 2.05) is 4.90 Å². The van der Waals surface area contributed by atoms with Crippen molar-refractivity contribution in [2.75, 3.05) is 20.2 Å². The van der Waals surface area contributed by atoms with Crippen molar-refractivity contribution in [1.82, 2.24) is 4.90 Å². The molecule has 0 bridgehead atoms. The van der Waals surface area contributed by atoms with Gasteiger partial charge in [-0.15, -0.1) is 0 Å². The number of carbonyl (C=O) groups is 1. The molecule has 0 radical (unpaired) electrons. The first kappa shape index (κ1) is 13.0. The normalized spacial score (nSPS) is 27.0. The number of amides is 1. The second-order valence-corrected chi connectivity index (χ2v) is 6.81. The number of ether oxygens (including phenoxy) is 1. The number of furan rings is 1. The number of benzene rings is 1. The van der Waals surface area contributed by atoms with Crippen molar-refractivity contribution in [2.45, 2.75) is 13.3 Å². The van der Waals surface area contributed by atoms with E-state index < -0.39 is 0 Å². The Labute approximate surface area is 127 Å². The molecule has 2 heterocycles. The standard InChI is InChI=1S/C16H16ClNO3/c1-16-6-10(16)7-18(8-16)15(19)13-4-9-3-11(17)5-12(20-2)14(9)21-13/h3-5,10H,6-8H2,1-2H3. The lowest BCUT2D eigenvalue weighted by Gasteiger charge is -2.17. The lowest BCUT2D eigenvalue weighted by atomic mass is 10.1. The van der Waals surface area contributed by atoms with Gasteiger partial charge in [-0.05, 0) is 29.9 Å². The van der Waals surface area contributed by atoms with Crippen LogP contribution in [0.15, 0.2) is 22.6 Å². The van der Waals surface area contributed by atoms with Crippen LogP contribution in [0.4, 0.5) is 0 Å². The van der Waals surface area contributed by atoms with E-state index in [0.29, 0.717) is 33.4 Å². The van der Waals surface area contributed by atoms with E-state index in [1.165, 1.54) is 6.42 Å². The Bertz CT molecular complexity index is 753. The maximum atomic E-state index is 12.6. The Balaban J connectivity index is 1.69. The van der Waals surface area contributed by atoms with E-state index in [1.54, 1.807) is 25.3 Å². The largest absolute Gasteiger partial charge is 0.493 e. The summed E-state index contributed by atoms with van der Waals surface area (Å²) in [5.41, 5.74) is 0.906. The predicted octanol–water partition coefficient (Wildman–Crippen LogP) is 3.58. The maximum Gasteiger partial charge on any atom is 0.289 e. The number of rotatable bonds is 2. The molecule has 2 unspecified atom stereocenters. The highest BCUT2D eigenvalue weighted by molar-refractivity contribution is 6.31. The summed E-state index contributed by atoms with van der Waals surface area (Å²) >= 11 is 6.04. The lowest BCUT2D eigenvalue weighted by molar-refractivity contribution is 0.0737. The molecular formula is C16H16ClNO3. The van der Waals surface area contributed by atoms with Gasteiger partial charge < -0.3 is 14.1 Å². The summed E-state index contributed by atoms with van der Waals surface area (Å²) in [6.07, 6.45) is 1.24. The number of hydrogen-bond donors (Lipinski definition) is 0. The third-order valence-electron chi connectivity index (χ3n) is 4.80. The molecule has 2 aromatic rings. The molecule has 2 atom stereocenters. The van der Waals surface area contributed by atoms with Gasteiger partial charge in [0.15, 0.2) is 17.1 Å². The molecule has 1 aliphatic carbocycles. The number of carbonyl (C=O) groups excluding carboxylic acids is 1. The summed E-state index contributed by atoms with van der Waals surface area (Å²) in [5.74, 6) is 1.52. The van der Waals surface area contributed by atoms with Crippen LogP contribution in [0.25, 0.3) is 11.0 Å². The van der Waals surface area contributed by atoms with Crippen LogP contribution < -0.4 is 4.74 Å². The Kier molecular flexibility index (Phi) is 2.58. The zero-order valence-corrected chi connectivity index (χ0v) is 12.7. The molecule has 1 amide bonds. The van der Waals surface area contributed by atoms with Gasteiger partial charge in [-0.2, -0.15) is 0 Å². The zero-order valence-electron chi connectivity index (χ0n) is 12.0. The van der Waals surface area contributed by atoms with E-state index in [0.717, 1.165) is 18.5 Å². The number of methoxy groups -OCH3 is 1. The van der Waals surface area contributed by atoms with Crippen LogP contribution in [-0.4, -0.2) is 31.0 Å². The van der Waals surface area contributed by atoms with Crippen LogP contribution in [0.1, 0.15) is 23.9 Å². The number of fused-ring (bicyclic) bond motifs is 2. The highest BCUT2D eigenvalue weighted by Gasteiger charge is 2.57. The highest BCUT2D eigenvalue weighted by Crippen LogP contribution is 2.57. The average Bonchev–Trinajstić information content (AvgIpc) is 2.82. The van der Waals surface area contributed by atoms with E-state index in [4.69, 9.17) is 20.8 Å². The molecule has 1 saturated heterocycles. The molecule has 4 rings (SSSR count). The Morgan fingerprint density at radius 2 is 2.29 bits per heavy atom. The molecule has 4 nitrogen and oxygen atoms in total. The topological polar surface area (TPSA) is 42.7 Å². The van der Waals surface area contributed by atoms with Crippen LogP contribution in [0, 0.1) is 11.3 Å². The van der Waals surface area contributed by atoms with Crippen molar-refractivity contribution in [3.8, 4) is 5.75 Å². The van der Waals surface area contributed by atoms with Gasteiger partial charge in [0, 0.05) is 29.6 Å². The lowest BCUT2D eigenvalue weighted by Crippen LogP contribution is -2.31. The fourth-order valence-corrected chi connectivity index (χ4v) is 3.62. The van der Waals surface area contributed by atoms with Gasteiger partial charge in [-0.1, -0.05) is 18.5 Å². The Hall–Kier alpha value is -1.68. The summed E-state index contributed by atoms with van der Waals surface area (Å²) < 4.78 is 11.0. The number of likely N-dealkylation sites (tertiary alicyclic amines) is 1. The SMILES string of the molecule is COc1cc(Cl)cc2cc(C(=O)N3CC4CC4(C)C3)oc12. The first-order chi connectivity index (χ1) is 10.00. The first-order valence-corrected chi connectivity index (χ1v) is 7.44. The highest BCUT2D eigenvalue weighted by atomic mass is 35.5. The van der Waals surface area contributed by atoms with Gasteiger partial charge >= 0.3 is 0 Å². The minimum atomic E-state index is -0.0437. The molecule has 0 spiro atoms. The van der Waals surface area contributed by atoms with Crippen molar-refractivity contribution in [3.63, 3.8) is 0 Å². The van der Waals surface area contributed by atoms with E-state index in [2.05, 4.69) is 6.92 Å². The van der Waals surface area contributed by atoms with Crippen LogP contribution >= 0.6 is 11.6 Å². The van der Waals surface area contributed by atoms with Crippen LogP contribution in [0.5, 0.6) is 5.75 Å². The van der Waals surface area contributed by atoms with Gasteiger partial charge in [-0.3, -0.25) is 4.79 Å².